The molecule has 7 heteroatoms. The standard InChI is InChI=1S/C23H23N5O2/c1-14(2)28-13-18(17-7-9-24-12-21(17)28)19-8-10-25-23(26-19)27-20-11-16(22(29)30-4)6-5-15(20)3/h5-14H,1-4H3,(H,25,26,27). The summed E-state index contributed by atoms with van der Waals surface area (Å²) in [6, 6.07) is 9.53. The van der Waals surface area contributed by atoms with Gasteiger partial charge in [-0.05, 0) is 50.6 Å². The summed E-state index contributed by atoms with van der Waals surface area (Å²) in [5.41, 5.74) is 5.09. The lowest BCUT2D eigenvalue weighted by atomic mass is 10.1. The number of nitrogens with zero attached hydrogens (tertiary/aromatic N) is 4. The number of esters is 1. The highest BCUT2D eigenvalue weighted by atomic mass is 16.5. The number of nitrogens with one attached hydrogen (secondary N) is 1. The Bertz CT molecular complexity index is 1230. The molecule has 0 atom stereocenters. The first-order valence-corrected chi connectivity index (χ1v) is 9.72. The van der Waals surface area contributed by atoms with E-state index in [0.717, 1.165) is 33.4 Å². The zero-order valence-corrected chi connectivity index (χ0v) is 17.4. The molecule has 152 valence electrons. The van der Waals surface area contributed by atoms with Gasteiger partial charge in [-0.2, -0.15) is 0 Å². The quantitative estimate of drug-likeness (QED) is 0.478. The second-order valence-electron chi connectivity index (χ2n) is 7.35. The van der Waals surface area contributed by atoms with Crippen LogP contribution in [-0.4, -0.2) is 32.6 Å². The second-order valence-corrected chi connectivity index (χ2v) is 7.35. The molecule has 0 fully saturated rings. The molecule has 0 radical (unpaired) electrons. The fourth-order valence-corrected chi connectivity index (χ4v) is 3.42. The van der Waals surface area contributed by atoms with Crippen LogP contribution < -0.4 is 5.32 Å². The molecule has 4 aromatic rings. The molecule has 3 aromatic heterocycles. The van der Waals surface area contributed by atoms with Crippen LogP contribution in [0.3, 0.4) is 0 Å². The molecule has 0 saturated carbocycles. The van der Waals surface area contributed by atoms with Gasteiger partial charge in [0, 0.05) is 41.3 Å². The van der Waals surface area contributed by atoms with E-state index >= 15 is 0 Å². The summed E-state index contributed by atoms with van der Waals surface area (Å²) in [7, 11) is 1.37. The summed E-state index contributed by atoms with van der Waals surface area (Å²) in [5.74, 6) is 0.0694. The van der Waals surface area contributed by atoms with E-state index in [2.05, 4.69) is 39.9 Å². The van der Waals surface area contributed by atoms with E-state index in [0.29, 0.717) is 17.6 Å². The first-order valence-electron chi connectivity index (χ1n) is 9.72. The van der Waals surface area contributed by atoms with Crippen LogP contribution >= 0.6 is 0 Å². The fourth-order valence-electron chi connectivity index (χ4n) is 3.42. The van der Waals surface area contributed by atoms with Gasteiger partial charge in [-0.15, -0.1) is 0 Å². The number of anilines is 2. The number of methoxy groups -OCH3 is 1. The Balaban J connectivity index is 1.73. The van der Waals surface area contributed by atoms with Crippen molar-refractivity contribution >= 4 is 28.5 Å². The first-order chi connectivity index (χ1) is 14.5. The molecule has 3 heterocycles. The van der Waals surface area contributed by atoms with E-state index in [-0.39, 0.29) is 5.97 Å². The molecule has 0 aliphatic rings. The maximum absolute atomic E-state index is 11.9. The lowest BCUT2D eigenvalue weighted by molar-refractivity contribution is 0.0601. The third-order valence-corrected chi connectivity index (χ3v) is 5.03. The molecular weight excluding hydrogens is 378 g/mol. The van der Waals surface area contributed by atoms with Crippen LogP contribution in [0.2, 0.25) is 0 Å². The number of aryl methyl sites for hydroxylation is 1. The van der Waals surface area contributed by atoms with E-state index in [9.17, 15) is 4.79 Å². The monoisotopic (exact) mass is 401 g/mol. The number of benzene rings is 1. The maximum Gasteiger partial charge on any atom is 0.337 e. The Morgan fingerprint density at radius 3 is 2.77 bits per heavy atom. The normalized spacial score (nSPS) is 11.1. The number of fused-ring (bicyclic) bond motifs is 1. The zero-order chi connectivity index (χ0) is 21.3. The topological polar surface area (TPSA) is 81.9 Å². The Hall–Kier alpha value is -3.74. The minimum absolute atomic E-state index is 0.300. The number of hydrogen-bond acceptors (Lipinski definition) is 6. The number of carbonyl (C=O) groups excluding carboxylic acids is 1. The highest BCUT2D eigenvalue weighted by Gasteiger charge is 2.14. The van der Waals surface area contributed by atoms with Crippen molar-refractivity contribution in [3.63, 3.8) is 0 Å². The largest absolute Gasteiger partial charge is 0.465 e. The van der Waals surface area contributed by atoms with E-state index in [1.54, 1.807) is 24.5 Å². The van der Waals surface area contributed by atoms with Crippen molar-refractivity contribution in [2.24, 2.45) is 0 Å². The summed E-state index contributed by atoms with van der Waals surface area (Å²) in [5, 5.41) is 4.32. The van der Waals surface area contributed by atoms with Crippen molar-refractivity contribution in [1.29, 1.82) is 0 Å². The molecule has 0 spiro atoms. The number of carbonyl (C=O) groups is 1. The van der Waals surface area contributed by atoms with Crippen LogP contribution in [0.25, 0.3) is 22.2 Å². The van der Waals surface area contributed by atoms with E-state index in [1.165, 1.54) is 7.11 Å². The summed E-state index contributed by atoms with van der Waals surface area (Å²) in [6.45, 7) is 6.23. The number of hydrogen-bond donors (Lipinski definition) is 1. The smallest absolute Gasteiger partial charge is 0.337 e. The van der Waals surface area contributed by atoms with E-state index in [1.807, 2.05) is 31.3 Å². The third-order valence-electron chi connectivity index (χ3n) is 5.03. The molecule has 1 N–H and O–H groups in total. The Morgan fingerprint density at radius 2 is 2.00 bits per heavy atom. The van der Waals surface area contributed by atoms with Crippen molar-refractivity contribution < 1.29 is 9.53 Å². The van der Waals surface area contributed by atoms with Gasteiger partial charge in [0.25, 0.3) is 0 Å². The lowest BCUT2D eigenvalue weighted by Gasteiger charge is -2.10. The molecular formula is C23H23N5O2. The molecule has 30 heavy (non-hydrogen) atoms. The highest BCUT2D eigenvalue weighted by Crippen LogP contribution is 2.31. The maximum atomic E-state index is 11.9. The van der Waals surface area contributed by atoms with Gasteiger partial charge >= 0.3 is 5.97 Å². The summed E-state index contributed by atoms with van der Waals surface area (Å²) in [4.78, 5) is 25.2. The Labute approximate surface area is 174 Å². The van der Waals surface area contributed by atoms with Crippen LogP contribution in [-0.2, 0) is 4.74 Å². The number of rotatable bonds is 5. The molecule has 0 saturated heterocycles. The molecule has 0 aliphatic carbocycles. The summed E-state index contributed by atoms with van der Waals surface area (Å²) >= 11 is 0. The molecule has 0 bridgehead atoms. The van der Waals surface area contributed by atoms with Crippen molar-refractivity contribution in [2.45, 2.75) is 26.8 Å². The van der Waals surface area contributed by atoms with Crippen molar-refractivity contribution in [3.05, 3.63) is 66.2 Å². The SMILES string of the molecule is COC(=O)c1ccc(C)c(Nc2nccc(-c3cn(C(C)C)c4cnccc34)n2)c1. The van der Waals surface area contributed by atoms with Crippen LogP contribution in [0.5, 0.6) is 0 Å². The molecule has 0 aliphatic heterocycles. The minimum atomic E-state index is -0.386. The van der Waals surface area contributed by atoms with Gasteiger partial charge < -0.3 is 14.6 Å². The Kier molecular flexibility index (Phi) is 5.18. The van der Waals surface area contributed by atoms with Gasteiger partial charge in [-0.25, -0.2) is 14.8 Å². The number of aromatic nitrogens is 4. The molecule has 0 amide bonds. The van der Waals surface area contributed by atoms with Gasteiger partial charge in [0.1, 0.15) is 0 Å². The second kappa shape index (κ2) is 7.94. The predicted molar refractivity (Wildman–Crippen MR) is 117 cm³/mol. The van der Waals surface area contributed by atoms with Crippen molar-refractivity contribution in [3.8, 4) is 11.3 Å². The van der Waals surface area contributed by atoms with E-state index in [4.69, 9.17) is 9.72 Å². The van der Waals surface area contributed by atoms with E-state index < -0.39 is 0 Å². The van der Waals surface area contributed by atoms with Gasteiger partial charge in [0.15, 0.2) is 0 Å². The third kappa shape index (κ3) is 3.61. The predicted octanol–water partition coefficient (Wildman–Crippen LogP) is 4.91. The molecule has 4 rings (SSSR count). The van der Waals surface area contributed by atoms with Crippen LogP contribution in [0, 0.1) is 6.92 Å². The average Bonchev–Trinajstić information content (AvgIpc) is 3.15. The number of ether oxygens (including phenoxy) is 1. The summed E-state index contributed by atoms with van der Waals surface area (Å²) < 4.78 is 7.01. The number of pyridine rings is 1. The van der Waals surface area contributed by atoms with Crippen LogP contribution in [0.4, 0.5) is 11.6 Å². The molecule has 7 nitrogen and oxygen atoms in total. The highest BCUT2D eigenvalue weighted by molar-refractivity contribution is 5.95. The summed E-state index contributed by atoms with van der Waals surface area (Å²) in [6.07, 6.45) is 7.50. The van der Waals surface area contributed by atoms with Crippen molar-refractivity contribution in [2.75, 3.05) is 12.4 Å². The van der Waals surface area contributed by atoms with Crippen LogP contribution in [0.15, 0.2) is 55.1 Å². The average molecular weight is 401 g/mol. The van der Waals surface area contributed by atoms with Gasteiger partial charge in [0.2, 0.25) is 5.95 Å². The fraction of sp³-hybridized carbons (Fsp3) is 0.217. The van der Waals surface area contributed by atoms with Gasteiger partial charge in [-0.1, -0.05) is 6.07 Å². The van der Waals surface area contributed by atoms with Crippen LogP contribution in [0.1, 0.15) is 35.8 Å². The Morgan fingerprint density at radius 1 is 1.17 bits per heavy atom. The minimum Gasteiger partial charge on any atom is -0.465 e. The van der Waals surface area contributed by atoms with Gasteiger partial charge in [-0.3, -0.25) is 4.98 Å². The molecule has 1 aromatic carbocycles. The van der Waals surface area contributed by atoms with Gasteiger partial charge in [0.05, 0.1) is 30.1 Å². The van der Waals surface area contributed by atoms with Crippen molar-refractivity contribution in [1.82, 2.24) is 19.5 Å². The first kappa shape index (κ1) is 19.6. The lowest BCUT2D eigenvalue weighted by Crippen LogP contribution is -2.04. The molecule has 0 unspecified atom stereocenters. The zero-order valence-electron chi connectivity index (χ0n) is 17.4.